The molecule has 0 spiro atoms. The summed E-state index contributed by atoms with van der Waals surface area (Å²) in [4.78, 5) is 0. The predicted molar refractivity (Wildman–Crippen MR) is 51.5 cm³/mol. The quantitative estimate of drug-likeness (QED) is 0.792. The number of hydrogen-bond donors (Lipinski definition) is 1. The molecule has 0 bridgehead atoms. The monoisotopic (exact) mass is 200 g/mol. The van der Waals surface area contributed by atoms with Crippen molar-refractivity contribution in [1.82, 2.24) is 0 Å². The highest BCUT2D eigenvalue weighted by molar-refractivity contribution is 5.31. The van der Waals surface area contributed by atoms with Gasteiger partial charge in [-0.15, -0.1) is 0 Å². The lowest BCUT2D eigenvalue weighted by Gasteiger charge is -2.07. The Hall–Kier alpha value is -0.960. The molecule has 0 saturated carbocycles. The number of aryl methyl sites for hydroxylation is 2. The molecule has 0 atom stereocenters. The zero-order valence-electron chi connectivity index (χ0n) is 8.13. The van der Waals surface area contributed by atoms with Crippen LogP contribution in [-0.4, -0.2) is 11.7 Å². The van der Waals surface area contributed by atoms with E-state index < -0.39 is 6.43 Å². The Kier molecular flexibility index (Phi) is 4.01. The van der Waals surface area contributed by atoms with Crippen molar-refractivity contribution in [2.45, 2.75) is 26.2 Å². The van der Waals surface area contributed by atoms with Crippen LogP contribution < -0.4 is 0 Å². The van der Waals surface area contributed by atoms with Crippen molar-refractivity contribution in [3.63, 3.8) is 0 Å². The molecule has 0 amide bonds. The summed E-state index contributed by atoms with van der Waals surface area (Å²) >= 11 is 0. The predicted octanol–water partition coefficient (Wildman–Crippen LogP) is 2.86. The summed E-state index contributed by atoms with van der Waals surface area (Å²) in [5.41, 5.74) is 1.96. The summed E-state index contributed by atoms with van der Waals surface area (Å²) in [6, 6.07) is 4.67. The average molecular weight is 200 g/mol. The number of hydrogen-bond acceptors (Lipinski definition) is 1. The van der Waals surface area contributed by atoms with Crippen molar-refractivity contribution < 1.29 is 13.9 Å². The van der Waals surface area contributed by atoms with Gasteiger partial charge in [-0.05, 0) is 37.0 Å². The van der Waals surface area contributed by atoms with E-state index in [4.69, 9.17) is 5.11 Å². The Morgan fingerprint density at radius 1 is 1.36 bits per heavy atom. The summed E-state index contributed by atoms with van der Waals surface area (Å²) in [5, 5.41) is 8.65. The lowest BCUT2D eigenvalue weighted by Crippen LogP contribution is -1.95. The first-order chi connectivity index (χ1) is 6.65. The highest BCUT2D eigenvalue weighted by atomic mass is 19.3. The summed E-state index contributed by atoms with van der Waals surface area (Å²) in [5.74, 6) is 0. The van der Waals surface area contributed by atoms with E-state index in [9.17, 15) is 8.78 Å². The Balaban J connectivity index is 2.85. The molecule has 0 fully saturated rings. The first kappa shape index (κ1) is 11.1. The van der Waals surface area contributed by atoms with Gasteiger partial charge in [0.05, 0.1) is 0 Å². The molecule has 1 aromatic rings. The van der Waals surface area contributed by atoms with Crippen molar-refractivity contribution in [2.24, 2.45) is 0 Å². The lowest BCUT2D eigenvalue weighted by atomic mass is 10.0. The summed E-state index contributed by atoms with van der Waals surface area (Å²) in [6.45, 7) is 1.99. The van der Waals surface area contributed by atoms with Gasteiger partial charge in [0.1, 0.15) is 0 Å². The van der Waals surface area contributed by atoms with Crippen LogP contribution in [0.4, 0.5) is 8.78 Å². The Labute approximate surface area is 82.4 Å². The largest absolute Gasteiger partial charge is 0.396 e. The van der Waals surface area contributed by atoms with Gasteiger partial charge >= 0.3 is 0 Å². The van der Waals surface area contributed by atoms with Gasteiger partial charge in [0.2, 0.25) is 0 Å². The molecular formula is C11H14F2O. The maximum Gasteiger partial charge on any atom is 0.263 e. The average Bonchev–Trinajstić information content (AvgIpc) is 2.16. The van der Waals surface area contributed by atoms with E-state index in [1.165, 1.54) is 12.1 Å². The SMILES string of the molecule is Cc1ccc(C(F)F)cc1CCCO. The fourth-order valence-electron chi connectivity index (χ4n) is 1.37. The van der Waals surface area contributed by atoms with E-state index >= 15 is 0 Å². The van der Waals surface area contributed by atoms with Crippen LogP contribution in [0.2, 0.25) is 0 Å². The molecule has 1 rings (SSSR count). The number of alkyl halides is 2. The molecular weight excluding hydrogens is 186 g/mol. The van der Waals surface area contributed by atoms with Crippen molar-refractivity contribution >= 4 is 0 Å². The first-order valence-electron chi connectivity index (χ1n) is 4.63. The van der Waals surface area contributed by atoms with Gasteiger partial charge < -0.3 is 5.11 Å². The van der Waals surface area contributed by atoms with Gasteiger partial charge in [0.15, 0.2) is 0 Å². The first-order valence-corrected chi connectivity index (χ1v) is 4.63. The van der Waals surface area contributed by atoms with E-state index in [0.29, 0.717) is 12.8 Å². The minimum atomic E-state index is -2.41. The molecule has 0 saturated heterocycles. The van der Waals surface area contributed by atoms with E-state index in [1.807, 2.05) is 6.92 Å². The zero-order chi connectivity index (χ0) is 10.6. The molecule has 0 aliphatic carbocycles. The van der Waals surface area contributed by atoms with Crippen molar-refractivity contribution in [1.29, 1.82) is 0 Å². The topological polar surface area (TPSA) is 20.2 Å². The van der Waals surface area contributed by atoms with Gasteiger partial charge in [-0.25, -0.2) is 8.78 Å². The molecule has 0 aliphatic heterocycles. The van der Waals surface area contributed by atoms with E-state index in [2.05, 4.69) is 0 Å². The molecule has 0 heterocycles. The molecule has 0 aromatic heterocycles. The standard InChI is InChI=1S/C11H14F2O/c1-8-4-5-10(11(12)13)7-9(8)3-2-6-14/h4-5,7,11,14H,2-3,6H2,1H3. The minimum absolute atomic E-state index is 0.0588. The Morgan fingerprint density at radius 2 is 2.07 bits per heavy atom. The number of aliphatic hydroxyl groups is 1. The van der Waals surface area contributed by atoms with E-state index in [-0.39, 0.29) is 12.2 Å². The van der Waals surface area contributed by atoms with Crippen LogP contribution >= 0.6 is 0 Å². The summed E-state index contributed by atoms with van der Waals surface area (Å²) in [6.07, 6.45) is -1.14. The number of rotatable bonds is 4. The molecule has 0 unspecified atom stereocenters. The highest BCUT2D eigenvalue weighted by Gasteiger charge is 2.08. The van der Waals surface area contributed by atoms with Gasteiger partial charge in [0.25, 0.3) is 6.43 Å². The second kappa shape index (κ2) is 5.05. The normalized spacial score (nSPS) is 10.9. The van der Waals surface area contributed by atoms with Crippen LogP contribution in [0.3, 0.4) is 0 Å². The fraction of sp³-hybridized carbons (Fsp3) is 0.455. The molecule has 0 radical (unpaired) electrons. The van der Waals surface area contributed by atoms with Crippen LogP contribution in [0.1, 0.15) is 29.5 Å². The van der Waals surface area contributed by atoms with E-state index in [0.717, 1.165) is 11.1 Å². The van der Waals surface area contributed by atoms with E-state index in [1.54, 1.807) is 6.07 Å². The molecule has 1 nitrogen and oxygen atoms in total. The van der Waals surface area contributed by atoms with Crippen LogP contribution in [0.5, 0.6) is 0 Å². The molecule has 78 valence electrons. The van der Waals surface area contributed by atoms with Gasteiger partial charge in [-0.1, -0.05) is 12.1 Å². The summed E-state index contributed by atoms with van der Waals surface area (Å²) in [7, 11) is 0. The zero-order valence-corrected chi connectivity index (χ0v) is 8.13. The third-order valence-electron chi connectivity index (χ3n) is 2.23. The lowest BCUT2D eigenvalue weighted by molar-refractivity contribution is 0.151. The second-order valence-corrected chi connectivity index (χ2v) is 3.31. The number of halogens is 2. The second-order valence-electron chi connectivity index (χ2n) is 3.31. The molecule has 1 N–H and O–H groups in total. The fourth-order valence-corrected chi connectivity index (χ4v) is 1.37. The minimum Gasteiger partial charge on any atom is -0.396 e. The third-order valence-corrected chi connectivity index (χ3v) is 2.23. The molecule has 1 aromatic carbocycles. The van der Waals surface area contributed by atoms with Crippen molar-refractivity contribution in [2.75, 3.05) is 6.61 Å². The third kappa shape index (κ3) is 2.77. The van der Waals surface area contributed by atoms with Gasteiger partial charge in [-0.3, -0.25) is 0 Å². The Morgan fingerprint density at radius 3 is 2.64 bits per heavy atom. The summed E-state index contributed by atoms with van der Waals surface area (Å²) < 4.78 is 24.7. The van der Waals surface area contributed by atoms with Crippen molar-refractivity contribution in [3.05, 3.63) is 34.9 Å². The maximum absolute atomic E-state index is 12.4. The molecule has 3 heteroatoms. The smallest absolute Gasteiger partial charge is 0.263 e. The number of aliphatic hydroxyl groups excluding tert-OH is 1. The maximum atomic E-state index is 12.4. The van der Waals surface area contributed by atoms with Crippen LogP contribution in [0, 0.1) is 6.92 Å². The molecule has 14 heavy (non-hydrogen) atoms. The molecule has 0 aliphatic rings. The van der Waals surface area contributed by atoms with Crippen LogP contribution in [0.15, 0.2) is 18.2 Å². The van der Waals surface area contributed by atoms with Gasteiger partial charge in [0, 0.05) is 12.2 Å². The number of benzene rings is 1. The van der Waals surface area contributed by atoms with Crippen LogP contribution in [0.25, 0.3) is 0 Å². The van der Waals surface area contributed by atoms with Crippen molar-refractivity contribution in [3.8, 4) is 0 Å². The van der Waals surface area contributed by atoms with Crippen LogP contribution in [-0.2, 0) is 6.42 Å². The highest BCUT2D eigenvalue weighted by Crippen LogP contribution is 2.22. The Bertz CT molecular complexity index is 297. The van der Waals surface area contributed by atoms with Gasteiger partial charge in [-0.2, -0.15) is 0 Å².